The van der Waals surface area contributed by atoms with Crippen molar-refractivity contribution in [2.24, 2.45) is 0 Å². The van der Waals surface area contributed by atoms with Crippen LogP contribution in [0.15, 0.2) is 6.20 Å². The molecule has 94 valence electrons. The van der Waals surface area contributed by atoms with Gasteiger partial charge < -0.3 is 9.47 Å². The number of carbonyl (C=O) groups is 1. The number of rotatable bonds is 4. The third kappa shape index (κ3) is 2.66. The van der Waals surface area contributed by atoms with Crippen LogP contribution in [0.4, 0.5) is 13.2 Å². The fraction of sp³-hybridized carbons (Fsp3) is 0.400. The van der Waals surface area contributed by atoms with Gasteiger partial charge in [-0.1, -0.05) is 0 Å². The predicted octanol–water partition coefficient (Wildman–Crippen LogP) is 2.34. The molecule has 1 aromatic rings. The summed E-state index contributed by atoms with van der Waals surface area (Å²) in [6, 6.07) is 0. The number of alkyl halides is 2. The quantitative estimate of drug-likeness (QED) is 0.768. The van der Waals surface area contributed by atoms with Crippen LogP contribution in [-0.4, -0.2) is 24.7 Å². The van der Waals surface area contributed by atoms with Crippen LogP contribution in [0.3, 0.4) is 0 Å². The zero-order chi connectivity index (χ0) is 13.0. The Balaban J connectivity index is 3.38. The van der Waals surface area contributed by atoms with Gasteiger partial charge >= 0.3 is 5.97 Å². The van der Waals surface area contributed by atoms with E-state index >= 15 is 0 Å². The highest BCUT2D eigenvalue weighted by Gasteiger charge is 2.28. The van der Waals surface area contributed by atoms with Gasteiger partial charge in [0.25, 0.3) is 6.43 Å². The number of methoxy groups -OCH3 is 1. The van der Waals surface area contributed by atoms with Crippen LogP contribution in [0.5, 0.6) is 5.88 Å². The van der Waals surface area contributed by atoms with Gasteiger partial charge in [0.2, 0.25) is 5.88 Å². The molecule has 0 radical (unpaired) electrons. The van der Waals surface area contributed by atoms with E-state index < -0.39 is 35.2 Å². The lowest BCUT2D eigenvalue weighted by Gasteiger charge is -2.11. The molecule has 0 bridgehead atoms. The van der Waals surface area contributed by atoms with Crippen LogP contribution in [0.25, 0.3) is 0 Å². The Morgan fingerprint density at radius 2 is 2.18 bits per heavy atom. The third-order valence-electron chi connectivity index (χ3n) is 1.92. The molecule has 0 unspecified atom stereocenters. The van der Waals surface area contributed by atoms with E-state index in [2.05, 4.69) is 14.5 Å². The topological polar surface area (TPSA) is 48.4 Å². The zero-order valence-corrected chi connectivity index (χ0v) is 9.17. The molecule has 0 atom stereocenters. The fourth-order valence-corrected chi connectivity index (χ4v) is 1.26. The minimum Gasteiger partial charge on any atom is -0.481 e. The Hall–Kier alpha value is -1.79. The van der Waals surface area contributed by atoms with E-state index in [0.29, 0.717) is 6.20 Å². The van der Waals surface area contributed by atoms with Gasteiger partial charge in [-0.2, -0.15) is 0 Å². The highest BCUT2D eigenvalue weighted by molar-refractivity contribution is 5.92. The molecule has 0 aromatic carbocycles. The summed E-state index contributed by atoms with van der Waals surface area (Å²) >= 11 is 0. The van der Waals surface area contributed by atoms with Gasteiger partial charge in [0, 0.05) is 0 Å². The first kappa shape index (κ1) is 13.3. The molecular weight excluding hydrogens is 239 g/mol. The van der Waals surface area contributed by atoms with E-state index in [9.17, 15) is 18.0 Å². The lowest BCUT2D eigenvalue weighted by atomic mass is 10.1. The molecule has 0 aliphatic carbocycles. The maximum Gasteiger partial charge on any atom is 0.341 e. The number of aromatic nitrogens is 1. The first-order chi connectivity index (χ1) is 8.02. The molecule has 17 heavy (non-hydrogen) atoms. The van der Waals surface area contributed by atoms with Gasteiger partial charge in [-0.3, -0.25) is 0 Å². The molecule has 7 heteroatoms. The lowest BCUT2D eigenvalue weighted by Crippen LogP contribution is -2.13. The third-order valence-corrected chi connectivity index (χ3v) is 1.92. The minimum absolute atomic E-state index is 0.0500. The maximum atomic E-state index is 13.3. The number of pyridine rings is 1. The van der Waals surface area contributed by atoms with Gasteiger partial charge in [-0.05, 0) is 6.92 Å². The number of nitrogens with zero attached hydrogens (tertiary/aromatic N) is 1. The van der Waals surface area contributed by atoms with Gasteiger partial charge in [-0.25, -0.2) is 22.9 Å². The number of hydrogen-bond donors (Lipinski definition) is 0. The molecule has 1 rings (SSSR count). The van der Waals surface area contributed by atoms with Crippen LogP contribution < -0.4 is 4.74 Å². The molecule has 0 spiro atoms. The molecule has 0 saturated carbocycles. The first-order valence-electron chi connectivity index (χ1n) is 4.70. The number of esters is 1. The molecule has 1 aromatic heterocycles. The van der Waals surface area contributed by atoms with Gasteiger partial charge in [0.05, 0.1) is 25.5 Å². The van der Waals surface area contributed by atoms with Crippen molar-refractivity contribution in [3.8, 4) is 5.88 Å². The second kappa shape index (κ2) is 5.51. The summed E-state index contributed by atoms with van der Waals surface area (Å²) in [4.78, 5) is 14.7. The zero-order valence-electron chi connectivity index (χ0n) is 9.17. The summed E-state index contributed by atoms with van der Waals surface area (Å²) in [5, 5.41) is 0. The Morgan fingerprint density at radius 1 is 1.53 bits per heavy atom. The molecule has 0 aliphatic rings. The van der Waals surface area contributed by atoms with Crippen molar-refractivity contribution in [3.05, 3.63) is 23.1 Å². The number of ether oxygens (including phenoxy) is 2. The highest BCUT2D eigenvalue weighted by Crippen LogP contribution is 2.32. The summed E-state index contributed by atoms with van der Waals surface area (Å²) in [5.41, 5.74) is -1.74. The van der Waals surface area contributed by atoms with Crippen LogP contribution in [0.1, 0.15) is 29.3 Å². The molecule has 4 nitrogen and oxygen atoms in total. The summed E-state index contributed by atoms with van der Waals surface area (Å²) in [6.07, 6.45) is -2.45. The summed E-state index contributed by atoms with van der Waals surface area (Å²) < 4.78 is 47.9. The molecule has 0 saturated heterocycles. The number of halogens is 3. The van der Waals surface area contributed by atoms with E-state index in [0.717, 1.165) is 7.11 Å². The van der Waals surface area contributed by atoms with Crippen molar-refractivity contribution in [3.63, 3.8) is 0 Å². The summed E-state index contributed by atoms with van der Waals surface area (Å²) in [6.45, 7) is 1.43. The average molecular weight is 249 g/mol. The lowest BCUT2D eigenvalue weighted by molar-refractivity contribution is 0.0507. The SMILES string of the molecule is CCOC(=O)c1c(F)cnc(OC)c1C(F)F. The Kier molecular flexibility index (Phi) is 4.30. The molecule has 0 amide bonds. The van der Waals surface area contributed by atoms with Crippen LogP contribution in [0, 0.1) is 5.82 Å². The largest absolute Gasteiger partial charge is 0.481 e. The van der Waals surface area contributed by atoms with Gasteiger partial charge in [-0.15, -0.1) is 0 Å². The fourth-order valence-electron chi connectivity index (χ4n) is 1.26. The normalized spacial score (nSPS) is 10.5. The van der Waals surface area contributed by atoms with Crippen LogP contribution in [0.2, 0.25) is 0 Å². The van der Waals surface area contributed by atoms with Crippen molar-refractivity contribution in [1.82, 2.24) is 4.98 Å². The Bertz CT molecular complexity index is 424. The Morgan fingerprint density at radius 3 is 2.65 bits per heavy atom. The molecular formula is C10H10F3NO3. The van der Waals surface area contributed by atoms with E-state index in [4.69, 9.17) is 0 Å². The maximum absolute atomic E-state index is 13.3. The summed E-state index contributed by atoms with van der Waals surface area (Å²) in [5.74, 6) is -2.83. The van der Waals surface area contributed by atoms with E-state index in [1.807, 2.05) is 0 Å². The van der Waals surface area contributed by atoms with E-state index in [1.165, 1.54) is 6.92 Å². The minimum atomic E-state index is -3.09. The van der Waals surface area contributed by atoms with E-state index in [1.54, 1.807) is 0 Å². The Labute approximate surface area is 95.4 Å². The average Bonchev–Trinajstić information content (AvgIpc) is 2.28. The number of carbonyl (C=O) groups excluding carboxylic acids is 1. The second-order valence-corrected chi connectivity index (χ2v) is 2.93. The van der Waals surface area contributed by atoms with Crippen LogP contribution >= 0.6 is 0 Å². The van der Waals surface area contributed by atoms with Crippen LogP contribution in [-0.2, 0) is 4.74 Å². The number of hydrogen-bond acceptors (Lipinski definition) is 4. The summed E-state index contributed by atoms with van der Waals surface area (Å²) in [7, 11) is 1.10. The molecule has 0 N–H and O–H groups in total. The molecule has 0 aliphatic heterocycles. The highest BCUT2D eigenvalue weighted by atomic mass is 19.3. The van der Waals surface area contributed by atoms with E-state index in [-0.39, 0.29) is 6.61 Å². The van der Waals surface area contributed by atoms with Gasteiger partial charge in [0.15, 0.2) is 5.82 Å². The van der Waals surface area contributed by atoms with Crippen molar-refractivity contribution in [2.75, 3.05) is 13.7 Å². The monoisotopic (exact) mass is 249 g/mol. The molecule has 1 heterocycles. The first-order valence-corrected chi connectivity index (χ1v) is 4.70. The standard InChI is InChI=1S/C10H10F3NO3/c1-3-17-10(15)6-5(11)4-14-9(16-2)7(6)8(12)13/h4,8H,3H2,1-2H3. The van der Waals surface area contributed by atoms with Crippen molar-refractivity contribution in [1.29, 1.82) is 0 Å². The van der Waals surface area contributed by atoms with Crippen molar-refractivity contribution in [2.45, 2.75) is 13.3 Å². The van der Waals surface area contributed by atoms with Crippen molar-refractivity contribution < 1.29 is 27.4 Å². The smallest absolute Gasteiger partial charge is 0.341 e. The molecule has 0 fully saturated rings. The van der Waals surface area contributed by atoms with Gasteiger partial charge in [0.1, 0.15) is 5.56 Å². The second-order valence-electron chi connectivity index (χ2n) is 2.93. The van der Waals surface area contributed by atoms with Crippen molar-refractivity contribution >= 4 is 5.97 Å². The predicted molar refractivity (Wildman–Crippen MR) is 51.7 cm³/mol.